The van der Waals surface area contributed by atoms with E-state index in [1.165, 1.54) is 25.1 Å². The van der Waals surface area contributed by atoms with Crippen LogP contribution in [0.1, 0.15) is 29.8 Å². The predicted molar refractivity (Wildman–Crippen MR) is 61.5 cm³/mol. The molecule has 1 N–H and O–H groups in total. The van der Waals surface area contributed by atoms with E-state index in [4.69, 9.17) is 15.4 Å². The normalized spacial score (nSPS) is 15.8. The molecule has 1 aromatic heterocycles. The minimum absolute atomic E-state index is 0.0972. The topological polar surface area (TPSA) is 76.2 Å². The number of rotatable bonds is 5. The van der Waals surface area contributed by atoms with Crippen molar-refractivity contribution in [2.24, 2.45) is 5.92 Å². The van der Waals surface area contributed by atoms with E-state index in [1.54, 1.807) is 0 Å². The third-order valence-corrected chi connectivity index (χ3v) is 3.95. The van der Waals surface area contributed by atoms with E-state index in [-0.39, 0.29) is 10.6 Å². The van der Waals surface area contributed by atoms with Gasteiger partial charge >= 0.3 is 5.97 Å². The number of hydrogen-bond acceptors (Lipinski definition) is 4. The van der Waals surface area contributed by atoms with Gasteiger partial charge in [0.25, 0.3) is 9.05 Å². The van der Waals surface area contributed by atoms with Crippen molar-refractivity contribution < 1.29 is 17.9 Å². The predicted octanol–water partition coefficient (Wildman–Crippen LogP) is 1.90. The van der Waals surface area contributed by atoms with Gasteiger partial charge in [0.15, 0.2) is 0 Å². The molecule has 94 valence electrons. The maximum Gasteiger partial charge on any atom is 0.354 e. The first-order valence-electron chi connectivity index (χ1n) is 5.27. The molecule has 0 bridgehead atoms. The summed E-state index contributed by atoms with van der Waals surface area (Å²) in [6, 6.07) is 1.17. The summed E-state index contributed by atoms with van der Waals surface area (Å²) in [5.41, 5.74) is 0.0972. The number of esters is 1. The monoisotopic (exact) mass is 277 g/mol. The van der Waals surface area contributed by atoms with E-state index in [0.717, 1.165) is 6.42 Å². The Morgan fingerprint density at radius 2 is 2.24 bits per heavy atom. The molecule has 17 heavy (non-hydrogen) atoms. The highest BCUT2D eigenvalue weighted by Crippen LogP contribution is 2.32. The molecule has 2 rings (SSSR count). The average molecular weight is 278 g/mol. The van der Waals surface area contributed by atoms with Crippen molar-refractivity contribution in [2.75, 3.05) is 6.61 Å². The van der Waals surface area contributed by atoms with E-state index in [2.05, 4.69) is 4.98 Å². The lowest BCUT2D eigenvalue weighted by molar-refractivity contribution is 0.0488. The fourth-order valence-corrected chi connectivity index (χ4v) is 2.16. The zero-order valence-electron chi connectivity index (χ0n) is 8.98. The van der Waals surface area contributed by atoms with Crippen LogP contribution in [0.3, 0.4) is 0 Å². The molecule has 7 heteroatoms. The Morgan fingerprint density at radius 3 is 2.76 bits per heavy atom. The summed E-state index contributed by atoms with van der Waals surface area (Å²) >= 11 is 0. The van der Waals surface area contributed by atoms with Crippen LogP contribution in [-0.2, 0) is 13.8 Å². The second kappa shape index (κ2) is 4.70. The van der Waals surface area contributed by atoms with Crippen molar-refractivity contribution in [3.63, 3.8) is 0 Å². The molecule has 0 atom stereocenters. The minimum Gasteiger partial charge on any atom is -0.461 e. The second-order valence-corrected chi connectivity index (χ2v) is 6.62. The highest BCUT2D eigenvalue weighted by Gasteiger charge is 2.22. The van der Waals surface area contributed by atoms with Gasteiger partial charge in [-0.2, -0.15) is 0 Å². The van der Waals surface area contributed by atoms with Gasteiger partial charge in [-0.05, 0) is 18.4 Å². The van der Waals surface area contributed by atoms with Gasteiger partial charge in [0.05, 0.1) is 6.61 Å². The molecule has 1 heterocycles. The average Bonchev–Trinajstić information content (AvgIpc) is 2.91. The molecule has 1 fully saturated rings. The van der Waals surface area contributed by atoms with Gasteiger partial charge in [0, 0.05) is 16.9 Å². The van der Waals surface area contributed by atoms with E-state index in [0.29, 0.717) is 12.5 Å². The molecule has 0 spiro atoms. The van der Waals surface area contributed by atoms with Crippen molar-refractivity contribution in [3.05, 3.63) is 18.0 Å². The van der Waals surface area contributed by atoms with Gasteiger partial charge in [0.1, 0.15) is 10.6 Å². The van der Waals surface area contributed by atoms with Crippen molar-refractivity contribution in [2.45, 2.75) is 24.2 Å². The SMILES string of the molecule is O=C(OCCC1CC1)c1cc(S(=O)(=O)Cl)c[nH]1. The largest absolute Gasteiger partial charge is 0.461 e. The van der Waals surface area contributed by atoms with Gasteiger partial charge in [0.2, 0.25) is 0 Å². The van der Waals surface area contributed by atoms with Crippen LogP contribution in [0, 0.1) is 5.92 Å². The van der Waals surface area contributed by atoms with Crippen LogP contribution in [0.5, 0.6) is 0 Å². The first-order chi connectivity index (χ1) is 7.97. The van der Waals surface area contributed by atoms with E-state index >= 15 is 0 Å². The molecular formula is C10H12ClNO4S. The molecule has 1 aromatic rings. The lowest BCUT2D eigenvalue weighted by Gasteiger charge is -2.01. The summed E-state index contributed by atoms with van der Waals surface area (Å²) in [5.74, 6) is 0.127. The second-order valence-electron chi connectivity index (χ2n) is 4.05. The van der Waals surface area contributed by atoms with Crippen LogP contribution in [-0.4, -0.2) is 26.0 Å². The molecule has 1 aliphatic rings. The number of aromatic nitrogens is 1. The maximum absolute atomic E-state index is 11.5. The van der Waals surface area contributed by atoms with Gasteiger partial charge < -0.3 is 9.72 Å². The maximum atomic E-state index is 11.5. The van der Waals surface area contributed by atoms with Crippen LogP contribution >= 0.6 is 10.7 Å². The van der Waals surface area contributed by atoms with Gasteiger partial charge in [-0.25, -0.2) is 13.2 Å². The standard InChI is InChI=1S/C10H12ClNO4S/c11-17(14,15)8-5-9(12-6-8)10(13)16-4-3-7-1-2-7/h5-7,12H,1-4H2. The van der Waals surface area contributed by atoms with Crippen LogP contribution in [0.25, 0.3) is 0 Å². The summed E-state index contributed by atoms with van der Waals surface area (Å²) in [6.45, 7) is 0.367. The van der Waals surface area contributed by atoms with Crippen LogP contribution in [0.2, 0.25) is 0 Å². The van der Waals surface area contributed by atoms with Crippen LogP contribution in [0.15, 0.2) is 17.2 Å². The number of carbonyl (C=O) groups excluding carboxylic acids is 1. The highest BCUT2D eigenvalue weighted by molar-refractivity contribution is 8.13. The fraction of sp³-hybridized carbons (Fsp3) is 0.500. The molecule has 0 saturated heterocycles. The Labute approximate surface area is 104 Å². The first kappa shape index (κ1) is 12.4. The summed E-state index contributed by atoms with van der Waals surface area (Å²) in [7, 11) is 1.32. The van der Waals surface area contributed by atoms with Crippen molar-refractivity contribution in [3.8, 4) is 0 Å². The smallest absolute Gasteiger partial charge is 0.354 e. The summed E-state index contributed by atoms with van der Waals surface area (Å²) in [4.78, 5) is 13.9. The number of H-pyrrole nitrogens is 1. The Balaban J connectivity index is 1.91. The molecular weight excluding hydrogens is 266 g/mol. The lowest BCUT2D eigenvalue weighted by Crippen LogP contribution is -2.07. The quantitative estimate of drug-likeness (QED) is 0.659. The summed E-state index contributed by atoms with van der Waals surface area (Å²) in [6.07, 6.45) is 4.44. The molecule has 0 aliphatic heterocycles. The molecule has 0 amide bonds. The zero-order valence-corrected chi connectivity index (χ0v) is 10.6. The van der Waals surface area contributed by atoms with Crippen molar-refractivity contribution >= 4 is 25.7 Å². The van der Waals surface area contributed by atoms with E-state index < -0.39 is 15.0 Å². The van der Waals surface area contributed by atoms with Gasteiger partial charge in [-0.1, -0.05) is 12.8 Å². The molecule has 0 radical (unpaired) electrons. The Morgan fingerprint density at radius 1 is 1.53 bits per heavy atom. The summed E-state index contributed by atoms with van der Waals surface area (Å²) < 4.78 is 26.9. The zero-order chi connectivity index (χ0) is 12.5. The Bertz CT molecular complexity index is 518. The third-order valence-electron chi connectivity index (χ3n) is 2.61. The molecule has 1 aliphatic carbocycles. The lowest BCUT2D eigenvalue weighted by atomic mass is 10.3. The Hall–Kier alpha value is -1.01. The minimum atomic E-state index is -3.81. The van der Waals surface area contributed by atoms with Crippen molar-refractivity contribution in [1.82, 2.24) is 4.98 Å². The molecule has 0 unspecified atom stereocenters. The third kappa shape index (κ3) is 3.47. The Kier molecular flexibility index (Phi) is 3.44. The number of ether oxygens (including phenoxy) is 1. The highest BCUT2D eigenvalue weighted by atomic mass is 35.7. The van der Waals surface area contributed by atoms with Gasteiger partial charge in [-0.15, -0.1) is 0 Å². The summed E-state index contributed by atoms with van der Waals surface area (Å²) in [5, 5.41) is 0. The van der Waals surface area contributed by atoms with E-state index in [1.807, 2.05) is 0 Å². The van der Waals surface area contributed by atoms with E-state index in [9.17, 15) is 13.2 Å². The number of carbonyl (C=O) groups is 1. The number of nitrogens with one attached hydrogen (secondary N) is 1. The van der Waals surface area contributed by atoms with Crippen molar-refractivity contribution in [1.29, 1.82) is 0 Å². The van der Waals surface area contributed by atoms with Crippen LogP contribution in [0.4, 0.5) is 0 Å². The number of halogens is 1. The van der Waals surface area contributed by atoms with Crippen LogP contribution < -0.4 is 0 Å². The molecule has 0 aromatic carbocycles. The first-order valence-corrected chi connectivity index (χ1v) is 7.58. The molecule has 5 nitrogen and oxygen atoms in total. The molecule has 1 saturated carbocycles. The fourth-order valence-electron chi connectivity index (χ4n) is 1.44. The number of aromatic amines is 1. The number of hydrogen-bond donors (Lipinski definition) is 1. The van der Waals surface area contributed by atoms with Gasteiger partial charge in [-0.3, -0.25) is 0 Å².